The van der Waals surface area contributed by atoms with Crippen molar-refractivity contribution in [2.24, 2.45) is 0 Å². The van der Waals surface area contributed by atoms with E-state index in [0.29, 0.717) is 6.42 Å². The van der Waals surface area contributed by atoms with E-state index in [2.05, 4.69) is 0 Å². The van der Waals surface area contributed by atoms with Crippen LogP contribution in [0.3, 0.4) is 0 Å². The number of likely N-dealkylation sites (tertiary alicyclic amines) is 1. The molecule has 5 heteroatoms. The Morgan fingerprint density at radius 2 is 2.20 bits per heavy atom. The van der Waals surface area contributed by atoms with Crippen molar-refractivity contribution >= 4 is 6.09 Å². The summed E-state index contributed by atoms with van der Waals surface area (Å²) in [7, 11) is 0. The molecule has 84 valence electrons. The van der Waals surface area contributed by atoms with Gasteiger partial charge >= 0.3 is 6.09 Å². The molecule has 1 saturated heterocycles. The van der Waals surface area contributed by atoms with Gasteiger partial charge in [0.1, 0.15) is 11.6 Å². The van der Waals surface area contributed by atoms with Gasteiger partial charge in [0.25, 0.3) is 0 Å². The van der Waals surface area contributed by atoms with E-state index in [9.17, 15) is 9.90 Å². The number of β-amino-alcohol motifs (C(OH)–C–C–N with tert-alkyl or cyclic N) is 1. The highest BCUT2D eigenvalue weighted by atomic mass is 16.6. The van der Waals surface area contributed by atoms with Crippen molar-refractivity contribution in [1.29, 1.82) is 5.26 Å². The fraction of sp³-hybridized carbons (Fsp3) is 0.800. The fourth-order valence-corrected chi connectivity index (χ4v) is 1.46. The van der Waals surface area contributed by atoms with Crippen molar-refractivity contribution in [3.8, 4) is 6.07 Å². The summed E-state index contributed by atoms with van der Waals surface area (Å²) in [4.78, 5) is 12.9. The first-order valence-electron chi connectivity index (χ1n) is 4.91. The molecule has 0 aromatic heterocycles. The number of nitrogens with zero attached hydrogens (tertiary/aromatic N) is 2. The number of hydrogen-bond donors (Lipinski definition) is 1. The molecule has 0 saturated carbocycles. The lowest BCUT2D eigenvalue weighted by Gasteiger charge is -2.25. The van der Waals surface area contributed by atoms with Crippen LogP contribution in [0.15, 0.2) is 0 Å². The average molecular weight is 212 g/mol. The second-order valence-electron chi connectivity index (χ2n) is 4.67. The van der Waals surface area contributed by atoms with E-state index in [4.69, 9.17) is 10.00 Å². The van der Waals surface area contributed by atoms with E-state index in [0.717, 1.165) is 0 Å². The zero-order valence-corrected chi connectivity index (χ0v) is 9.23. The summed E-state index contributed by atoms with van der Waals surface area (Å²) in [5, 5.41) is 18.1. The minimum atomic E-state index is -0.623. The van der Waals surface area contributed by atoms with Gasteiger partial charge in [-0.1, -0.05) is 0 Å². The van der Waals surface area contributed by atoms with Crippen molar-refractivity contribution in [3.63, 3.8) is 0 Å². The molecule has 1 aliphatic rings. The Hall–Kier alpha value is -1.28. The monoisotopic (exact) mass is 212 g/mol. The van der Waals surface area contributed by atoms with E-state index < -0.39 is 23.8 Å². The molecular formula is C10H16N2O3. The smallest absolute Gasteiger partial charge is 0.411 e. The molecule has 1 fully saturated rings. The highest BCUT2D eigenvalue weighted by Gasteiger charge is 2.36. The quantitative estimate of drug-likeness (QED) is 0.647. The second kappa shape index (κ2) is 4.07. The second-order valence-corrected chi connectivity index (χ2v) is 4.67. The maximum Gasteiger partial charge on any atom is 0.411 e. The lowest BCUT2D eigenvalue weighted by molar-refractivity contribution is 0.0238. The Balaban J connectivity index is 2.64. The molecule has 15 heavy (non-hydrogen) atoms. The summed E-state index contributed by atoms with van der Waals surface area (Å²) in [5.74, 6) is 0. The van der Waals surface area contributed by atoms with E-state index in [1.807, 2.05) is 6.07 Å². The Morgan fingerprint density at radius 1 is 1.60 bits per heavy atom. The Kier molecular flexibility index (Phi) is 3.20. The Bertz CT molecular complexity index is 290. The third-order valence-corrected chi connectivity index (χ3v) is 2.06. The summed E-state index contributed by atoms with van der Waals surface area (Å²) in [6, 6.07) is 1.40. The molecule has 0 unspecified atom stereocenters. The number of amides is 1. The van der Waals surface area contributed by atoms with Crippen LogP contribution in [0.25, 0.3) is 0 Å². The van der Waals surface area contributed by atoms with Gasteiger partial charge in [-0.25, -0.2) is 4.79 Å². The van der Waals surface area contributed by atoms with Gasteiger partial charge < -0.3 is 9.84 Å². The number of carbonyl (C=O) groups excluding carboxylic acids is 1. The molecule has 0 spiro atoms. The van der Waals surface area contributed by atoms with Gasteiger partial charge in [-0.05, 0) is 20.8 Å². The summed E-state index contributed by atoms with van der Waals surface area (Å²) >= 11 is 0. The Labute approximate surface area is 89.2 Å². The highest BCUT2D eigenvalue weighted by Crippen LogP contribution is 2.20. The van der Waals surface area contributed by atoms with Crippen LogP contribution >= 0.6 is 0 Å². The van der Waals surface area contributed by atoms with Gasteiger partial charge in [0.05, 0.1) is 18.7 Å². The summed E-state index contributed by atoms with van der Waals surface area (Å²) < 4.78 is 5.13. The molecule has 5 nitrogen and oxygen atoms in total. The number of ether oxygens (including phenoxy) is 1. The largest absolute Gasteiger partial charge is 0.444 e. The van der Waals surface area contributed by atoms with Crippen LogP contribution in [0.1, 0.15) is 27.2 Å². The van der Waals surface area contributed by atoms with Crippen molar-refractivity contribution in [2.75, 3.05) is 6.54 Å². The van der Waals surface area contributed by atoms with Crippen LogP contribution in [0, 0.1) is 11.3 Å². The van der Waals surface area contributed by atoms with Gasteiger partial charge in [0.2, 0.25) is 0 Å². The van der Waals surface area contributed by atoms with Crippen molar-refractivity contribution in [2.45, 2.75) is 44.9 Å². The van der Waals surface area contributed by atoms with Crippen LogP contribution in [-0.4, -0.2) is 40.4 Å². The molecule has 0 aromatic rings. The van der Waals surface area contributed by atoms with Crippen LogP contribution in [0.5, 0.6) is 0 Å². The number of aliphatic hydroxyl groups is 1. The minimum Gasteiger partial charge on any atom is -0.444 e. The molecule has 1 heterocycles. The van der Waals surface area contributed by atoms with Crippen molar-refractivity contribution in [1.82, 2.24) is 4.90 Å². The molecular weight excluding hydrogens is 196 g/mol. The van der Waals surface area contributed by atoms with Crippen molar-refractivity contribution < 1.29 is 14.6 Å². The van der Waals surface area contributed by atoms with E-state index in [-0.39, 0.29) is 6.54 Å². The maximum absolute atomic E-state index is 11.6. The summed E-state index contributed by atoms with van der Waals surface area (Å²) in [6.45, 7) is 5.46. The zero-order valence-electron chi connectivity index (χ0n) is 9.23. The maximum atomic E-state index is 11.6. The number of rotatable bonds is 0. The highest BCUT2D eigenvalue weighted by molar-refractivity contribution is 5.69. The van der Waals surface area contributed by atoms with Crippen LogP contribution in [0.4, 0.5) is 4.79 Å². The van der Waals surface area contributed by atoms with E-state index >= 15 is 0 Å². The lowest BCUT2D eigenvalue weighted by atomic mass is 10.2. The van der Waals surface area contributed by atoms with Gasteiger partial charge in [-0.2, -0.15) is 5.26 Å². The molecule has 0 bridgehead atoms. The van der Waals surface area contributed by atoms with Gasteiger partial charge in [-0.3, -0.25) is 4.90 Å². The molecule has 1 rings (SSSR count). The summed E-state index contributed by atoms with van der Waals surface area (Å²) in [5.41, 5.74) is -0.579. The molecule has 2 atom stereocenters. The molecule has 0 aliphatic carbocycles. The number of aliphatic hydroxyl groups excluding tert-OH is 1. The normalized spacial score (nSPS) is 26.2. The first kappa shape index (κ1) is 11.8. The van der Waals surface area contributed by atoms with Crippen molar-refractivity contribution in [3.05, 3.63) is 0 Å². The van der Waals surface area contributed by atoms with Gasteiger partial charge in [0, 0.05) is 6.42 Å². The predicted octanol–water partition coefficient (Wildman–Crippen LogP) is 0.880. The standard InChI is InChI=1S/C10H16N2O3/c1-10(2,3)15-9(14)12-6-8(13)4-7(12)5-11/h7-8,13H,4,6H2,1-3H3/t7-,8+/m1/s1. The SMILES string of the molecule is CC(C)(C)OC(=O)N1C[C@@H](O)C[C@@H]1C#N. The molecule has 0 aromatic carbocycles. The minimum absolute atomic E-state index is 0.174. The average Bonchev–Trinajstić information content (AvgIpc) is 2.43. The number of nitriles is 1. The molecule has 1 N–H and O–H groups in total. The third-order valence-electron chi connectivity index (χ3n) is 2.06. The van der Waals surface area contributed by atoms with E-state index in [1.165, 1.54) is 4.90 Å². The lowest BCUT2D eigenvalue weighted by Crippen LogP contribution is -2.39. The molecule has 1 amide bonds. The first-order valence-corrected chi connectivity index (χ1v) is 4.91. The van der Waals surface area contributed by atoms with Crippen LogP contribution in [-0.2, 0) is 4.74 Å². The van der Waals surface area contributed by atoms with Gasteiger partial charge in [0.15, 0.2) is 0 Å². The van der Waals surface area contributed by atoms with E-state index in [1.54, 1.807) is 20.8 Å². The third kappa shape index (κ3) is 3.10. The molecule has 0 radical (unpaired) electrons. The van der Waals surface area contributed by atoms with Crippen LogP contribution in [0.2, 0.25) is 0 Å². The number of hydrogen-bond acceptors (Lipinski definition) is 4. The topological polar surface area (TPSA) is 73.6 Å². The zero-order chi connectivity index (χ0) is 11.6. The predicted molar refractivity (Wildman–Crippen MR) is 53.0 cm³/mol. The van der Waals surface area contributed by atoms with Crippen LogP contribution < -0.4 is 0 Å². The van der Waals surface area contributed by atoms with Gasteiger partial charge in [-0.15, -0.1) is 0 Å². The number of carbonyl (C=O) groups is 1. The first-order chi connectivity index (χ1) is 6.83. The molecule has 1 aliphatic heterocycles. The Morgan fingerprint density at radius 3 is 2.67 bits per heavy atom. The summed E-state index contributed by atoms with van der Waals surface area (Å²) in [6.07, 6.45) is -0.858. The fourth-order valence-electron chi connectivity index (χ4n) is 1.46.